The summed E-state index contributed by atoms with van der Waals surface area (Å²) in [4.78, 5) is 13.3. The summed E-state index contributed by atoms with van der Waals surface area (Å²) >= 11 is 4.86. The molecule has 0 heterocycles. The van der Waals surface area contributed by atoms with Crippen molar-refractivity contribution in [3.63, 3.8) is 0 Å². The van der Waals surface area contributed by atoms with E-state index in [0.717, 1.165) is 11.3 Å². The largest absolute Gasteiger partial charge is 0.494 e. The lowest BCUT2D eigenvalue weighted by Gasteiger charge is -2.10. The van der Waals surface area contributed by atoms with Gasteiger partial charge < -0.3 is 15.4 Å². The summed E-state index contributed by atoms with van der Waals surface area (Å²) in [6.45, 7) is 0.520. The summed E-state index contributed by atoms with van der Waals surface area (Å²) in [7, 11) is 3.50. The molecule has 4 nitrogen and oxygen atoms in total. The van der Waals surface area contributed by atoms with Crippen LogP contribution in [-0.2, 0) is 4.79 Å². The average molecular weight is 266 g/mol. The topological polar surface area (TPSA) is 55.6 Å². The van der Waals surface area contributed by atoms with Crippen molar-refractivity contribution in [2.24, 2.45) is 5.73 Å². The number of rotatable bonds is 6. The molecule has 0 radical (unpaired) electrons. The molecule has 0 bridgehead atoms. The van der Waals surface area contributed by atoms with Crippen LogP contribution in [0.2, 0.25) is 0 Å². The Labute approximate surface area is 113 Å². The predicted octanol–water partition coefficient (Wildman–Crippen LogP) is 1.57. The Kier molecular flexibility index (Phi) is 5.58. The first-order valence-corrected chi connectivity index (χ1v) is 6.14. The standard InChI is InChI=1S/C13H18N2O2S/c1-15(2)12(16)4-3-9-17-11-7-5-10(6-8-11)13(14)18/h5-8H,3-4,9H2,1-2H3,(H2,14,18). The van der Waals surface area contributed by atoms with Crippen LogP contribution in [0.1, 0.15) is 18.4 Å². The van der Waals surface area contributed by atoms with E-state index in [0.29, 0.717) is 24.4 Å². The number of nitrogens with zero attached hydrogens (tertiary/aromatic N) is 1. The zero-order valence-electron chi connectivity index (χ0n) is 10.7. The average Bonchev–Trinajstić information content (AvgIpc) is 2.34. The molecule has 0 saturated heterocycles. The first-order chi connectivity index (χ1) is 8.50. The summed E-state index contributed by atoms with van der Waals surface area (Å²) in [5, 5.41) is 0. The number of ether oxygens (including phenoxy) is 1. The minimum atomic E-state index is 0.113. The number of nitrogens with two attached hydrogens (primary N) is 1. The van der Waals surface area contributed by atoms with Gasteiger partial charge in [-0.1, -0.05) is 12.2 Å². The van der Waals surface area contributed by atoms with E-state index >= 15 is 0 Å². The second-order valence-electron chi connectivity index (χ2n) is 4.13. The molecule has 0 aliphatic heterocycles. The van der Waals surface area contributed by atoms with Crippen LogP contribution >= 0.6 is 12.2 Å². The molecule has 2 N–H and O–H groups in total. The van der Waals surface area contributed by atoms with Crippen LogP contribution in [0.25, 0.3) is 0 Å². The van der Waals surface area contributed by atoms with E-state index in [2.05, 4.69) is 0 Å². The lowest BCUT2D eigenvalue weighted by Crippen LogP contribution is -2.21. The van der Waals surface area contributed by atoms with E-state index in [1.165, 1.54) is 0 Å². The smallest absolute Gasteiger partial charge is 0.222 e. The lowest BCUT2D eigenvalue weighted by atomic mass is 10.2. The maximum Gasteiger partial charge on any atom is 0.222 e. The van der Waals surface area contributed by atoms with Crippen molar-refractivity contribution in [3.8, 4) is 5.75 Å². The predicted molar refractivity (Wildman–Crippen MR) is 75.8 cm³/mol. The van der Waals surface area contributed by atoms with Crippen LogP contribution in [0.4, 0.5) is 0 Å². The Morgan fingerprint density at radius 2 is 1.94 bits per heavy atom. The molecule has 1 aromatic rings. The molecule has 98 valence electrons. The van der Waals surface area contributed by atoms with Gasteiger partial charge in [0.25, 0.3) is 0 Å². The second-order valence-corrected chi connectivity index (χ2v) is 4.57. The molecular weight excluding hydrogens is 248 g/mol. The highest BCUT2D eigenvalue weighted by Crippen LogP contribution is 2.12. The Bertz CT molecular complexity index is 416. The van der Waals surface area contributed by atoms with Crippen molar-refractivity contribution in [1.29, 1.82) is 0 Å². The summed E-state index contributed by atoms with van der Waals surface area (Å²) < 4.78 is 5.52. The summed E-state index contributed by atoms with van der Waals surface area (Å²) in [5.41, 5.74) is 6.32. The van der Waals surface area contributed by atoms with Gasteiger partial charge in [-0.25, -0.2) is 0 Å². The molecule has 5 heteroatoms. The van der Waals surface area contributed by atoms with E-state index < -0.39 is 0 Å². The van der Waals surface area contributed by atoms with Crippen molar-refractivity contribution in [2.75, 3.05) is 20.7 Å². The first kappa shape index (κ1) is 14.4. The Morgan fingerprint density at radius 1 is 1.33 bits per heavy atom. The van der Waals surface area contributed by atoms with Crippen LogP contribution < -0.4 is 10.5 Å². The summed E-state index contributed by atoms with van der Waals surface area (Å²) in [6, 6.07) is 7.29. The Hall–Kier alpha value is -1.62. The van der Waals surface area contributed by atoms with Crippen LogP contribution in [0.5, 0.6) is 5.75 Å². The van der Waals surface area contributed by atoms with Crippen LogP contribution in [0.15, 0.2) is 24.3 Å². The molecule has 1 aromatic carbocycles. The highest BCUT2D eigenvalue weighted by Gasteiger charge is 2.03. The molecule has 1 rings (SSSR count). The molecule has 0 aliphatic rings. The molecule has 0 fully saturated rings. The highest BCUT2D eigenvalue weighted by molar-refractivity contribution is 7.80. The minimum absolute atomic E-state index is 0.113. The van der Waals surface area contributed by atoms with Crippen molar-refractivity contribution < 1.29 is 9.53 Å². The zero-order valence-corrected chi connectivity index (χ0v) is 11.5. The molecule has 0 spiro atoms. The molecule has 0 saturated carbocycles. The molecule has 0 aliphatic carbocycles. The van der Waals surface area contributed by atoms with Crippen LogP contribution in [0, 0.1) is 0 Å². The van der Waals surface area contributed by atoms with Gasteiger partial charge in [0.15, 0.2) is 0 Å². The van der Waals surface area contributed by atoms with E-state index in [9.17, 15) is 4.79 Å². The van der Waals surface area contributed by atoms with Gasteiger partial charge in [-0.3, -0.25) is 4.79 Å². The van der Waals surface area contributed by atoms with E-state index in [1.54, 1.807) is 19.0 Å². The molecule has 0 atom stereocenters. The number of benzene rings is 1. The quantitative estimate of drug-likeness (QED) is 0.627. The van der Waals surface area contributed by atoms with Gasteiger partial charge in [-0.2, -0.15) is 0 Å². The van der Waals surface area contributed by atoms with Gasteiger partial charge in [0.05, 0.1) is 6.61 Å². The van der Waals surface area contributed by atoms with Gasteiger partial charge in [0.2, 0.25) is 5.91 Å². The van der Waals surface area contributed by atoms with Gasteiger partial charge >= 0.3 is 0 Å². The SMILES string of the molecule is CN(C)C(=O)CCCOc1ccc(C(N)=S)cc1. The maximum absolute atomic E-state index is 11.3. The third kappa shape index (κ3) is 4.71. The normalized spacial score (nSPS) is 9.89. The van der Waals surface area contributed by atoms with Gasteiger partial charge in [-0.15, -0.1) is 0 Å². The van der Waals surface area contributed by atoms with Crippen LogP contribution in [-0.4, -0.2) is 36.5 Å². The van der Waals surface area contributed by atoms with Crippen molar-refractivity contribution in [2.45, 2.75) is 12.8 Å². The lowest BCUT2D eigenvalue weighted by molar-refractivity contribution is -0.128. The summed E-state index contributed by atoms with van der Waals surface area (Å²) in [5.74, 6) is 0.870. The number of carbonyl (C=O) groups excluding carboxylic acids is 1. The number of amides is 1. The van der Waals surface area contributed by atoms with E-state index in [4.69, 9.17) is 22.7 Å². The minimum Gasteiger partial charge on any atom is -0.494 e. The number of hydrogen-bond acceptors (Lipinski definition) is 3. The number of hydrogen-bond donors (Lipinski definition) is 1. The fourth-order valence-electron chi connectivity index (χ4n) is 1.35. The molecule has 1 amide bonds. The monoisotopic (exact) mass is 266 g/mol. The molecule has 0 aromatic heterocycles. The fourth-order valence-corrected chi connectivity index (χ4v) is 1.49. The van der Waals surface area contributed by atoms with Crippen LogP contribution in [0.3, 0.4) is 0 Å². The van der Waals surface area contributed by atoms with Gasteiger partial charge in [0.1, 0.15) is 10.7 Å². The number of thiocarbonyl (C=S) groups is 1. The van der Waals surface area contributed by atoms with Gasteiger partial charge in [0, 0.05) is 26.1 Å². The van der Waals surface area contributed by atoms with Crippen molar-refractivity contribution in [3.05, 3.63) is 29.8 Å². The molecular formula is C13H18N2O2S. The van der Waals surface area contributed by atoms with E-state index in [1.807, 2.05) is 24.3 Å². The Morgan fingerprint density at radius 3 is 2.44 bits per heavy atom. The maximum atomic E-state index is 11.3. The Balaban J connectivity index is 2.31. The number of carbonyl (C=O) groups is 1. The first-order valence-electron chi connectivity index (χ1n) is 5.73. The molecule has 0 unspecified atom stereocenters. The van der Waals surface area contributed by atoms with Gasteiger partial charge in [-0.05, 0) is 30.7 Å². The van der Waals surface area contributed by atoms with Crippen molar-refractivity contribution >= 4 is 23.1 Å². The third-order valence-electron chi connectivity index (χ3n) is 2.44. The fraction of sp³-hybridized carbons (Fsp3) is 0.385. The van der Waals surface area contributed by atoms with E-state index in [-0.39, 0.29) is 5.91 Å². The zero-order chi connectivity index (χ0) is 13.5. The second kappa shape index (κ2) is 6.96. The third-order valence-corrected chi connectivity index (χ3v) is 2.68. The molecule has 18 heavy (non-hydrogen) atoms. The summed E-state index contributed by atoms with van der Waals surface area (Å²) in [6.07, 6.45) is 1.20. The van der Waals surface area contributed by atoms with Crippen molar-refractivity contribution in [1.82, 2.24) is 4.90 Å². The highest BCUT2D eigenvalue weighted by atomic mass is 32.1.